The highest BCUT2D eigenvalue weighted by Gasteiger charge is 2.34. The number of rotatable bonds is 9. The van der Waals surface area contributed by atoms with Crippen LogP contribution in [0.3, 0.4) is 0 Å². The van der Waals surface area contributed by atoms with Crippen molar-refractivity contribution in [3.05, 3.63) is 35.4 Å². The van der Waals surface area contributed by atoms with E-state index in [0.717, 1.165) is 0 Å². The third-order valence-corrected chi connectivity index (χ3v) is 7.68. The summed E-state index contributed by atoms with van der Waals surface area (Å²) in [5.41, 5.74) is 2.80. The Labute approximate surface area is 170 Å². The van der Waals surface area contributed by atoms with Gasteiger partial charge in [-0.25, -0.2) is 9.34 Å². The summed E-state index contributed by atoms with van der Waals surface area (Å²) < 4.78 is 11.7. The molecule has 3 nitrogen and oxygen atoms in total. The molecular weight excluding hydrogens is 351 g/mol. The summed E-state index contributed by atoms with van der Waals surface area (Å²) in [6.45, 7) is 25.6. The zero-order valence-corrected chi connectivity index (χ0v) is 20.5. The zero-order chi connectivity index (χ0) is 20.9. The Morgan fingerprint density at radius 3 is 1.41 bits per heavy atom. The van der Waals surface area contributed by atoms with Gasteiger partial charge in [0.25, 0.3) is 0 Å². The van der Waals surface area contributed by atoms with Gasteiger partial charge in [0, 0.05) is 24.2 Å². The maximum atomic E-state index is 6.64. The molecule has 0 saturated carbocycles. The average molecular weight is 395 g/mol. The summed E-state index contributed by atoms with van der Waals surface area (Å²) in [5, 5.41) is 0. The van der Waals surface area contributed by atoms with Gasteiger partial charge in [-0.3, -0.25) is 0 Å². The third kappa shape index (κ3) is 7.13. The van der Waals surface area contributed by atoms with Crippen LogP contribution in [-0.2, 0) is 16.5 Å². The van der Waals surface area contributed by atoms with Gasteiger partial charge in [0.2, 0.25) is 0 Å². The molecule has 0 unspecified atom stereocenters. The van der Waals surface area contributed by atoms with Crippen LogP contribution >= 0.6 is 8.45 Å². The maximum absolute atomic E-state index is 6.64. The monoisotopic (exact) mass is 394 g/mol. The fourth-order valence-electron chi connectivity index (χ4n) is 3.47. The maximum Gasteiger partial charge on any atom is 0.189 e. The second-order valence-electron chi connectivity index (χ2n) is 9.61. The van der Waals surface area contributed by atoms with Gasteiger partial charge in [-0.1, -0.05) is 45.0 Å². The fourth-order valence-corrected chi connectivity index (χ4v) is 5.82. The molecule has 0 aliphatic heterocycles. The summed E-state index contributed by atoms with van der Waals surface area (Å²) >= 11 is 0. The van der Waals surface area contributed by atoms with Crippen LogP contribution in [0.2, 0.25) is 0 Å². The summed E-state index contributed by atoms with van der Waals surface area (Å²) in [5.74, 6) is 0. The number of hydrogen-bond donors (Lipinski definition) is 0. The summed E-state index contributed by atoms with van der Waals surface area (Å²) in [6, 6.07) is 10.7. The van der Waals surface area contributed by atoms with Crippen molar-refractivity contribution in [1.82, 2.24) is 9.34 Å². The molecule has 0 amide bonds. The first-order valence-electron chi connectivity index (χ1n) is 10.4. The van der Waals surface area contributed by atoms with E-state index in [0.29, 0.717) is 30.8 Å². The molecule has 156 valence electrons. The quantitative estimate of drug-likeness (QED) is 0.421. The van der Waals surface area contributed by atoms with Gasteiger partial charge in [-0.05, 0) is 71.9 Å². The molecule has 0 radical (unpaired) electrons. The van der Waals surface area contributed by atoms with Gasteiger partial charge >= 0.3 is 0 Å². The molecule has 4 heteroatoms. The second-order valence-corrected chi connectivity index (χ2v) is 11.3. The summed E-state index contributed by atoms with van der Waals surface area (Å²) in [6.07, 6.45) is 0. The lowest BCUT2D eigenvalue weighted by Crippen LogP contribution is -2.43. The molecule has 0 saturated heterocycles. The molecule has 0 heterocycles. The van der Waals surface area contributed by atoms with Crippen molar-refractivity contribution in [2.75, 3.05) is 0 Å². The third-order valence-electron chi connectivity index (χ3n) is 4.68. The van der Waals surface area contributed by atoms with E-state index in [1.807, 2.05) is 0 Å². The summed E-state index contributed by atoms with van der Waals surface area (Å²) in [7, 11) is -0.833. The van der Waals surface area contributed by atoms with Crippen molar-refractivity contribution in [3.8, 4) is 0 Å². The number of hydrogen-bond acceptors (Lipinski definition) is 3. The molecule has 0 aliphatic carbocycles. The second kappa shape index (κ2) is 10.3. The highest BCUT2D eigenvalue weighted by atomic mass is 31.2. The van der Waals surface area contributed by atoms with Gasteiger partial charge in [0.15, 0.2) is 8.45 Å². The molecule has 1 aromatic rings. The van der Waals surface area contributed by atoms with Crippen LogP contribution in [0.1, 0.15) is 87.3 Å². The SMILES string of the molecule is CC(C)N(C(C)C)P(OCc1ccc(C(C)(C)C)cc1)N(C(C)C)C(C)C. The average Bonchev–Trinajstić information content (AvgIpc) is 2.50. The first kappa shape index (κ1) is 24.6. The first-order chi connectivity index (χ1) is 12.4. The minimum atomic E-state index is -0.833. The van der Waals surface area contributed by atoms with Crippen molar-refractivity contribution in [3.63, 3.8) is 0 Å². The Kier molecular flexibility index (Phi) is 9.42. The van der Waals surface area contributed by atoms with Gasteiger partial charge in [-0.15, -0.1) is 0 Å². The largest absolute Gasteiger partial charge is 0.326 e. The normalized spacial score (nSPS) is 13.4. The topological polar surface area (TPSA) is 15.7 Å². The predicted molar refractivity (Wildman–Crippen MR) is 121 cm³/mol. The van der Waals surface area contributed by atoms with E-state index in [2.05, 4.69) is 110 Å². The molecule has 0 spiro atoms. The first-order valence-corrected chi connectivity index (χ1v) is 11.6. The molecule has 0 N–H and O–H groups in total. The zero-order valence-electron chi connectivity index (χ0n) is 19.6. The van der Waals surface area contributed by atoms with Crippen LogP contribution in [0, 0.1) is 0 Å². The molecule has 1 aromatic carbocycles. The summed E-state index contributed by atoms with van der Waals surface area (Å²) in [4.78, 5) is 0. The van der Waals surface area contributed by atoms with Gasteiger partial charge in [-0.2, -0.15) is 0 Å². The van der Waals surface area contributed by atoms with Crippen molar-refractivity contribution in [1.29, 1.82) is 0 Å². The van der Waals surface area contributed by atoms with E-state index in [9.17, 15) is 0 Å². The Morgan fingerprint density at radius 1 is 0.741 bits per heavy atom. The molecule has 1 rings (SSSR count). The molecule has 0 atom stereocenters. The molecule has 0 aliphatic rings. The lowest BCUT2D eigenvalue weighted by molar-refractivity contribution is 0.182. The van der Waals surface area contributed by atoms with E-state index in [-0.39, 0.29) is 5.41 Å². The highest BCUT2D eigenvalue weighted by molar-refractivity contribution is 7.47. The van der Waals surface area contributed by atoms with Crippen LogP contribution in [0.5, 0.6) is 0 Å². The van der Waals surface area contributed by atoms with Crippen LogP contribution in [0.15, 0.2) is 24.3 Å². The number of nitrogens with zero attached hydrogens (tertiary/aromatic N) is 2. The Bertz CT molecular complexity index is 510. The predicted octanol–water partition coefficient (Wildman–Crippen LogP) is 6.97. The Morgan fingerprint density at radius 2 is 1.11 bits per heavy atom. The van der Waals surface area contributed by atoms with Crippen LogP contribution < -0.4 is 0 Å². The van der Waals surface area contributed by atoms with Crippen molar-refractivity contribution in [2.45, 2.75) is 112 Å². The fraction of sp³-hybridized carbons (Fsp3) is 0.739. The smallest absolute Gasteiger partial charge is 0.189 e. The lowest BCUT2D eigenvalue weighted by atomic mass is 9.87. The van der Waals surface area contributed by atoms with Crippen molar-refractivity contribution >= 4 is 8.45 Å². The number of benzene rings is 1. The molecular formula is C23H43N2OP. The minimum absolute atomic E-state index is 0.185. The van der Waals surface area contributed by atoms with Gasteiger partial charge in [0.05, 0.1) is 6.61 Å². The molecule has 27 heavy (non-hydrogen) atoms. The standard InChI is InChI=1S/C23H43N2OP/c1-17(2)24(18(3)4)27(25(19(5)6)20(7)8)26-16-21-12-14-22(15-13-21)23(9,10)11/h12-15,17-20H,16H2,1-11H3. The van der Waals surface area contributed by atoms with Gasteiger partial charge in [0.1, 0.15) is 0 Å². The van der Waals surface area contributed by atoms with Crippen LogP contribution in [0.25, 0.3) is 0 Å². The molecule has 0 aromatic heterocycles. The van der Waals surface area contributed by atoms with E-state index >= 15 is 0 Å². The van der Waals surface area contributed by atoms with Crippen molar-refractivity contribution < 1.29 is 4.52 Å². The van der Waals surface area contributed by atoms with E-state index in [4.69, 9.17) is 4.52 Å². The Balaban J connectivity index is 3.06. The molecule has 0 bridgehead atoms. The van der Waals surface area contributed by atoms with Crippen LogP contribution in [0.4, 0.5) is 0 Å². The van der Waals surface area contributed by atoms with Gasteiger partial charge < -0.3 is 4.52 Å². The van der Waals surface area contributed by atoms with Crippen LogP contribution in [-0.4, -0.2) is 33.5 Å². The van der Waals surface area contributed by atoms with Crippen molar-refractivity contribution in [2.24, 2.45) is 0 Å². The highest BCUT2D eigenvalue weighted by Crippen LogP contribution is 2.51. The van der Waals surface area contributed by atoms with E-state index in [1.165, 1.54) is 11.1 Å². The van der Waals surface area contributed by atoms with E-state index < -0.39 is 8.45 Å². The molecule has 0 fully saturated rings. The van der Waals surface area contributed by atoms with E-state index in [1.54, 1.807) is 0 Å². The minimum Gasteiger partial charge on any atom is -0.326 e. The lowest BCUT2D eigenvalue weighted by Gasteiger charge is -2.45. The Hall–Kier alpha value is -0.470.